The first-order chi connectivity index (χ1) is 7.41. The van der Waals surface area contributed by atoms with Gasteiger partial charge in [-0.25, -0.2) is 0 Å². The molecule has 0 bridgehead atoms. The van der Waals surface area contributed by atoms with Gasteiger partial charge in [-0.15, -0.1) is 0 Å². The van der Waals surface area contributed by atoms with E-state index in [1.807, 2.05) is 0 Å². The molecular weight excluding hydrogens is 228 g/mol. The number of benzene rings is 1. The Bertz CT molecular complexity index is 366. The number of ether oxygens (including phenoxy) is 2. The normalized spacial score (nSPS) is 11.0. The molecule has 0 atom stereocenters. The highest BCUT2D eigenvalue weighted by Crippen LogP contribution is 2.32. The van der Waals surface area contributed by atoms with Gasteiger partial charge in [0.05, 0.1) is 0 Å². The summed E-state index contributed by atoms with van der Waals surface area (Å²) in [5.74, 6) is -0.301. The molecule has 1 rings (SSSR count). The average Bonchev–Trinajstić information content (AvgIpc) is 2.16. The van der Waals surface area contributed by atoms with Crippen LogP contribution in [-0.4, -0.2) is 13.2 Å². The third kappa shape index (κ3) is 3.01. The molecule has 90 valence electrons. The zero-order valence-corrected chi connectivity index (χ0v) is 8.64. The molecule has 0 aliphatic rings. The van der Waals surface area contributed by atoms with E-state index in [1.165, 1.54) is 26.0 Å². The Kier molecular flexibility index (Phi) is 3.98. The van der Waals surface area contributed by atoms with Crippen molar-refractivity contribution in [2.24, 2.45) is 0 Å². The van der Waals surface area contributed by atoms with Crippen LogP contribution in [0.2, 0.25) is 0 Å². The van der Waals surface area contributed by atoms with Gasteiger partial charge in [0.2, 0.25) is 0 Å². The highest BCUT2D eigenvalue weighted by Gasteiger charge is 2.16. The van der Waals surface area contributed by atoms with Gasteiger partial charge < -0.3 is 9.47 Å². The minimum atomic E-state index is -3.00. The maximum Gasteiger partial charge on any atom is 0.387 e. The molecular formula is C10H10F4O2. The van der Waals surface area contributed by atoms with Gasteiger partial charge in [-0.3, -0.25) is 0 Å². The molecule has 16 heavy (non-hydrogen) atoms. The Hall–Kier alpha value is -1.46. The quantitative estimate of drug-likeness (QED) is 0.747. The van der Waals surface area contributed by atoms with Crippen molar-refractivity contribution in [3.05, 3.63) is 23.3 Å². The molecule has 1 aromatic carbocycles. The fraction of sp³-hybridized carbons (Fsp3) is 0.400. The van der Waals surface area contributed by atoms with E-state index in [9.17, 15) is 17.6 Å². The summed E-state index contributed by atoms with van der Waals surface area (Å²) in [6, 6.07) is 2.66. The van der Waals surface area contributed by atoms with E-state index in [0.717, 1.165) is 0 Å². The fourth-order valence-electron chi connectivity index (χ4n) is 1.30. The lowest BCUT2D eigenvalue weighted by Crippen LogP contribution is -2.08. The Morgan fingerprint density at radius 3 is 2.00 bits per heavy atom. The molecule has 0 fully saturated rings. The zero-order valence-electron chi connectivity index (χ0n) is 8.64. The molecule has 0 N–H and O–H groups in total. The largest absolute Gasteiger partial charge is 0.434 e. The van der Waals surface area contributed by atoms with Crippen molar-refractivity contribution in [3.63, 3.8) is 0 Å². The van der Waals surface area contributed by atoms with Crippen LogP contribution in [0.25, 0.3) is 0 Å². The number of hydrogen-bond donors (Lipinski definition) is 0. The first kappa shape index (κ1) is 12.6. The lowest BCUT2D eigenvalue weighted by Gasteiger charge is -2.14. The molecule has 0 spiro atoms. The summed E-state index contributed by atoms with van der Waals surface area (Å²) in [4.78, 5) is 0. The summed E-state index contributed by atoms with van der Waals surface area (Å²) in [6.45, 7) is -3.08. The SMILES string of the molecule is Cc1ccc(OC(F)F)c(C)c1OC(F)F. The van der Waals surface area contributed by atoms with E-state index in [-0.39, 0.29) is 17.1 Å². The maximum atomic E-state index is 12.1. The summed E-state index contributed by atoms with van der Waals surface area (Å²) in [6.07, 6.45) is 0. The van der Waals surface area contributed by atoms with Crippen LogP contribution in [0.5, 0.6) is 11.5 Å². The smallest absolute Gasteiger partial charge is 0.387 e. The predicted octanol–water partition coefficient (Wildman–Crippen LogP) is 3.51. The van der Waals surface area contributed by atoms with Crippen LogP contribution in [0.1, 0.15) is 11.1 Å². The zero-order chi connectivity index (χ0) is 12.3. The van der Waals surface area contributed by atoms with E-state index in [4.69, 9.17) is 0 Å². The van der Waals surface area contributed by atoms with Crippen LogP contribution in [-0.2, 0) is 0 Å². The Balaban J connectivity index is 3.06. The second-order valence-corrected chi connectivity index (χ2v) is 3.09. The molecule has 0 heterocycles. The molecule has 6 heteroatoms. The minimum absolute atomic E-state index is 0.126. The highest BCUT2D eigenvalue weighted by atomic mass is 19.3. The standard InChI is InChI=1S/C10H10F4O2/c1-5-3-4-7(15-9(11)12)6(2)8(5)16-10(13)14/h3-4,9-10H,1-2H3. The van der Waals surface area contributed by atoms with Crippen molar-refractivity contribution < 1.29 is 27.0 Å². The van der Waals surface area contributed by atoms with Crippen molar-refractivity contribution in [2.45, 2.75) is 27.1 Å². The molecule has 0 radical (unpaired) electrons. The molecule has 0 aliphatic carbocycles. The third-order valence-corrected chi connectivity index (χ3v) is 1.98. The lowest BCUT2D eigenvalue weighted by molar-refractivity contribution is -0.0554. The van der Waals surface area contributed by atoms with Gasteiger partial charge in [0, 0.05) is 5.56 Å². The van der Waals surface area contributed by atoms with Gasteiger partial charge >= 0.3 is 13.2 Å². The molecule has 0 amide bonds. The number of rotatable bonds is 4. The van der Waals surface area contributed by atoms with Crippen LogP contribution in [0.15, 0.2) is 12.1 Å². The molecule has 0 saturated heterocycles. The van der Waals surface area contributed by atoms with Crippen molar-refractivity contribution in [3.8, 4) is 11.5 Å². The van der Waals surface area contributed by atoms with E-state index >= 15 is 0 Å². The van der Waals surface area contributed by atoms with Crippen molar-refractivity contribution in [2.75, 3.05) is 0 Å². The molecule has 0 aliphatic heterocycles. The van der Waals surface area contributed by atoms with Gasteiger partial charge in [-0.1, -0.05) is 6.07 Å². The van der Waals surface area contributed by atoms with E-state index < -0.39 is 13.2 Å². The molecule has 2 nitrogen and oxygen atoms in total. The minimum Gasteiger partial charge on any atom is -0.434 e. The molecule has 0 saturated carbocycles. The third-order valence-electron chi connectivity index (χ3n) is 1.98. The lowest BCUT2D eigenvalue weighted by atomic mass is 10.1. The second-order valence-electron chi connectivity index (χ2n) is 3.09. The number of aryl methyl sites for hydroxylation is 1. The van der Waals surface area contributed by atoms with Crippen molar-refractivity contribution in [1.82, 2.24) is 0 Å². The van der Waals surface area contributed by atoms with E-state index in [2.05, 4.69) is 9.47 Å². The van der Waals surface area contributed by atoms with Gasteiger partial charge in [0.15, 0.2) is 0 Å². The number of halogens is 4. The molecule has 1 aromatic rings. The predicted molar refractivity (Wildman–Crippen MR) is 49.2 cm³/mol. The van der Waals surface area contributed by atoms with Gasteiger partial charge in [0.1, 0.15) is 11.5 Å². The number of hydrogen-bond acceptors (Lipinski definition) is 2. The molecule has 0 unspecified atom stereocenters. The summed E-state index contributed by atoms with van der Waals surface area (Å²) in [7, 11) is 0. The van der Waals surface area contributed by atoms with E-state index in [0.29, 0.717) is 5.56 Å². The first-order valence-corrected chi connectivity index (χ1v) is 4.41. The Morgan fingerprint density at radius 1 is 0.938 bits per heavy atom. The second kappa shape index (κ2) is 5.05. The van der Waals surface area contributed by atoms with Crippen molar-refractivity contribution >= 4 is 0 Å². The summed E-state index contributed by atoms with van der Waals surface area (Å²) < 4.78 is 56.5. The summed E-state index contributed by atoms with van der Waals surface area (Å²) in [5.41, 5.74) is 0.556. The average molecular weight is 238 g/mol. The monoisotopic (exact) mass is 238 g/mol. The van der Waals surface area contributed by atoms with Crippen LogP contribution in [0.4, 0.5) is 17.6 Å². The fourth-order valence-corrected chi connectivity index (χ4v) is 1.30. The molecule has 0 aromatic heterocycles. The maximum absolute atomic E-state index is 12.1. The van der Waals surface area contributed by atoms with Gasteiger partial charge in [0.25, 0.3) is 0 Å². The van der Waals surface area contributed by atoms with Crippen LogP contribution in [0.3, 0.4) is 0 Å². The van der Waals surface area contributed by atoms with Gasteiger partial charge in [-0.05, 0) is 25.5 Å². The van der Waals surface area contributed by atoms with E-state index in [1.54, 1.807) is 0 Å². The van der Waals surface area contributed by atoms with Crippen LogP contribution < -0.4 is 9.47 Å². The van der Waals surface area contributed by atoms with Crippen molar-refractivity contribution in [1.29, 1.82) is 0 Å². The Morgan fingerprint density at radius 2 is 1.50 bits per heavy atom. The summed E-state index contributed by atoms with van der Waals surface area (Å²) >= 11 is 0. The number of alkyl halides is 4. The summed E-state index contributed by atoms with van der Waals surface area (Å²) in [5, 5.41) is 0. The first-order valence-electron chi connectivity index (χ1n) is 4.41. The van der Waals surface area contributed by atoms with Crippen LogP contribution >= 0.6 is 0 Å². The highest BCUT2D eigenvalue weighted by molar-refractivity contribution is 5.48. The Labute approximate surface area is 89.8 Å². The topological polar surface area (TPSA) is 18.5 Å². The van der Waals surface area contributed by atoms with Gasteiger partial charge in [-0.2, -0.15) is 17.6 Å². The van der Waals surface area contributed by atoms with Crippen LogP contribution in [0, 0.1) is 13.8 Å².